The van der Waals surface area contributed by atoms with Crippen molar-refractivity contribution in [3.8, 4) is 11.1 Å². The Labute approximate surface area is 206 Å². The number of fused-ring (bicyclic) bond motifs is 3. The number of hydrogen-bond donors (Lipinski definition) is 2. The van der Waals surface area contributed by atoms with Crippen molar-refractivity contribution in [2.24, 2.45) is 5.92 Å². The second kappa shape index (κ2) is 10.9. The number of carboxylic acids is 1. The van der Waals surface area contributed by atoms with Crippen LogP contribution in [-0.4, -0.2) is 53.2 Å². The number of amides is 2. The van der Waals surface area contributed by atoms with Crippen LogP contribution in [0.2, 0.25) is 0 Å². The zero-order valence-electron chi connectivity index (χ0n) is 20.4. The van der Waals surface area contributed by atoms with Crippen LogP contribution >= 0.6 is 0 Å². The van der Waals surface area contributed by atoms with Gasteiger partial charge in [0.15, 0.2) is 0 Å². The number of carboxylic acid groups (broad SMARTS) is 1. The van der Waals surface area contributed by atoms with Gasteiger partial charge in [0.05, 0.1) is 6.42 Å². The fourth-order valence-corrected chi connectivity index (χ4v) is 5.39. The molecule has 4 rings (SSSR count). The number of carbonyl (C=O) groups is 3. The summed E-state index contributed by atoms with van der Waals surface area (Å²) in [6.07, 6.45) is 2.66. The van der Waals surface area contributed by atoms with Crippen LogP contribution in [0.5, 0.6) is 0 Å². The van der Waals surface area contributed by atoms with E-state index >= 15 is 0 Å². The second-order valence-electron chi connectivity index (χ2n) is 9.94. The molecule has 0 bridgehead atoms. The van der Waals surface area contributed by atoms with Crippen molar-refractivity contribution < 1.29 is 24.2 Å². The maximum atomic E-state index is 13.4. The van der Waals surface area contributed by atoms with E-state index in [9.17, 15) is 19.5 Å². The van der Waals surface area contributed by atoms with E-state index in [1.165, 1.54) is 0 Å². The summed E-state index contributed by atoms with van der Waals surface area (Å²) >= 11 is 0. The minimum Gasteiger partial charge on any atom is -0.481 e. The van der Waals surface area contributed by atoms with Gasteiger partial charge in [-0.2, -0.15) is 0 Å². The highest BCUT2D eigenvalue weighted by Crippen LogP contribution is 2.44. The molecule has 0 aliphatic heterocycles. The third-order valence-corrected chi connectivity index (χ3v) is 6.92. The summed E-state index contributed by atoms with van der Waals surface area (Å²) in [4.78, 5) is 39.5. The molecule has 0 spiro atoms. The van der Waals surface area contributed by atoms with E-state index in [2.05, 4.69) is 17.4 Å². The molecule has 0 saturated heterocycles. The van der Waals surface area contributed by atoms with Gasteiger partial charge in [0, 0.05) is 18.5 Å². The summed E-state index contributed by atoms with van der Waals surface area (Å²) in [6, 6.07) is 15.0. The van der Waals surface area contributed by atoms with Gasteiger partial charge in [0.1, 0.15) is 12.6 Å². The number of rotatable bonds is 9. The first kappa shape index (κ1) is 24.8. The van der Waals surface area contributed by atoms with E-state index in [-0.39, 0.29) is 30.4 Å². The van der Waals surface area contributed by atoms with E-state index in [0.29, 0.717) is 6.54 Å². The highest BCUT2D eigenvalue weighted by molar-refractivity contribution is 5.89. The zero-order chi connectivity index (χ0) is 24.9. The van der Waals surface area contributed by atoms with Crippen molar-refractivity contribution in [1.82, 2.24) is 10.2 Å². The quantitative estimate of drug-likeness (QED) is 0.540. The standard InChI is InChI=1S/C28H34N2O5/c1-18(2)16-30(19-9-3-4-10-19)27(33)25(15-26(31)32)29-28(34)35-17-24-22-13-7-5-11-20(22)21-12-6-8-14-23(21)24/h5-8,11-14,18-19,24-25H,3-4,9-10,15-17H2,1-2H3,(H,29,34)(H,31,32). The first-order chi connectivity index (χ1) is 16.8. The van der Waals surface area contributed by atoms with E-state index in [0.717, 1.165) is 47.9 Å². The molecule has 2 N–H and O–H groups in total. The molecule has 2 aromatic carbocycles. The minimum absolute atomic E-state index is 0.0884. The Balaban J connectivity index is 1.45. The van der Waals surface area contributed by atoms with Gasteiger partial charge in [0.2, 0.25) is 5.91 Å². The third-order valence-electron chi connectivity index (χ3n) is 6.92. The molecule has 0 aromatic heterocycles. The van der Waals surface area contributed by atoms with Crippen LogP contribution in [0.4, 0.5) is 4.79 Å². The number of ether oxygens (including phenoxy) is 1. The summed E-state index contributed by atoms with van der Waals surface area (Å²) in [6.45, 7) is 4.69. The van der Waals surface area contributed by atoms with Crippen LogP contribution in [0.3, 0.4) is 0 Å². The molecule has 35 heavy (non-hydrogen) atoms. The lowest BCUT2D eigenvalue weighted by molar-refractivity contribution is -0.143. The maximum absolute atomic E-state index is 13.4. The molecule has 0 heterocycles. The summed E-state index contributed by atoms with van der Waals surface area (Å²) in [5.41, 5.74) is 4.42. The smallest absolute Gasteiger partial charge is 0.407 e. The van der Waals surface area contributed by atoms with Gasteiger partial charge >= 0.3 is 12.1 Å². The third kappa shape index (κ3) is 5.66. The molecule has 1 atom stereocenters. The van der Waals surface area contributed by atoms with Crippen molar-refractivity contribution in [3.05, 3.63) is 59.7 Å². The molecule has 1 saturated carbocycles. The molecule has 186 valence electrons. The molecule has 2 aliphatic rings. The molecule has 7 heteroatoms. The van der Waals surface area contributed by atoms with Crippen molar-refractivity contribution in [1.29, 1.82) is 0 Å². The summed E-state index contributed by atoms with van der Waals surface area (Å²) in [5, 5.41) is 12.0. The SMILES string of the molecule is CC(C)CN(C(=O)C(CC(=O)O)NC(=O)OCC1c2ccccc2-c2ccccc21)C1CCCC1. The van der Waals surface area contributed by atoms with E-state index < -0.39 is 24.5 Å². The molecule has 1 fully saturated rings. The van der Waals surface area contributed by atoms with Gasteiger partial charge in [-0.15, -0.1) is 0 Å². The molecular formula is C28H34N2O5. The van der Waals surface area contributed by atoms with E-state index in [1.54, 1.807) is 4.90 Å². The Morgan fingerprint density at radius 2 is 1.57 bits per heavy atom. The first-order valence-electron chi connectivity index (χ1n) is 12.5. The summed E-state index contributed by atoms with van der Waals surface area (Å²) in [7, 11) is 0. The van der Waals surface area contributed by atoms with E-state index in [4.69, 9.17) is 4.74 Å². The Kier molecular flexibility index (Phi) is 7.73. The van der Waals surface area contributed by atoms with Crippen molar-refractivity contribution in [2.45, 2.75) is 64.0 Å². The van der Waals surface area contributed by atoms with Crippen LogP contribution in [0, 0.1) is 5.92 Å². The molecule has 1 unspecified atom stereocenters. The fraction of sp³-hybridized carbons (Fsp3) is 0.464. The average Bonchev–Trinajstić information content (AvgIpc) is 3.47. The van der Waals surface area contributed by atoms with Gasteiger partial charge in [-0.3, -0.25) is 9.59 Å². The predicted molar refractivity (Wildman–Crippen MR) is 133 cm³/mol. The zero-order valence-corrected chi connectivity index (χ0v) is 20.4. The summed E-state index contributed by atoms with van der Waals surface area (Å²) < 4.78 is 5.57. The number of aliphatic carboxylic acids is 1. The first-order valence-corrected chi connectivity index (χ1v) is 12.5. The van der Waals surface area contributed by atoms with Gasteiger partial charge in [-0.1, -0.05) is 75.2 Å². The van der Waals surface area contributed by atoms with Gasteiger partial charge in [-0.05, 0) is 41.0 Å². The Morgan fingerprint density at radius 1 is 1.00 bits per heavy atom. The number of hydrogen-bond acceptors (Lipinski definition) is 4. The number of carbonyl (C=O) groups excluding carboxylic acids is 2. The van der Waals surface area contributed by atoms with Crippen LogP contribution in [0.15, 0.2) is 48.5 Å². The van der Waals surface area contributed by atoms with Crippen molar-refractivity contribution in [2.75, 3.05) is 13.2 Å². The maximum Gasteiger partial charge on any atom is 0.407 e. The second-order valence-corrected chi connectivity index (χ2v) is 9.94. The molecule has 2 aromatic rings. The number of nitrogens with zero attached hydrogens (tertiary/aromatic N) is 1. The average molecular weight is 479 g/mol. The lowest BCUT2D eigenvalue weighted by Gasteiger charge is -2.33. The van der Waals surface area contributed by atoms with Crippen LogP contribution in [0.25, 0.3) is 11.1 Å². The lowest BCUT2D eigenvalue weighted by atomic mass is 9.98. The number of alkyl carbamates (subject to hydrolysis) is 1. The monoisotopic (exact) mass is 478 g/mol. The Hall–Kier alpha value is -3.35. The largest absolute Gasteiger partial charge is 0.481 e. The lowest BCUT2D eigenvalue weighted by Crippen LogP contribution is -2.53. The molecule has 7 nitrogen and oxygen atoms in total. The van der Waals surface area contributed by atoms with Gasteiger partial charge < -0.3 is 20.1 Å². The minimum atomic E-state index is -1.16. The Bertz CT molecular complexity index is 1030. The summed E-state index contributed by atoms with van der Waals surface area (Å²) in [5.74, 6) is -1.36. The van der Waals surface area contributed by atoms with Gasteiger partial charge in [0.25, 0.3) is 0 Å². The van der Waals surface area contributed by atoms with Crippen LogP contribution in [0.1, 0.15) is 63.0 Å². The molecule has 0 radical (unpaired) electrons. The highest BCUT2D eigenvalue weighted by Gasteiger charge is 2.35. The highest BCUT2D eigenvalue weighted by atomic mass is 16.5. The van der Waals surface area contributed by atoms with E-state index in [1.807, 2.05) is 50.2 Å². The Morgan fingerprint density at radius 3 is 2.11 bits per heavy atom. The van der Waals surface area contributed by atoms with Crippen molar-refractivity contribution in [3.63, 3.8) is 0 Å². The topological polar surface area (TPSA) is 95.9 Å². The predicted octanol–water partition coefficient (Wildman–Crippen LogP) is 4.80. The van der Waals surface area contributed by atoms with Crippen LogP contribution < -0.4 is 5.32 Å². The molecule has 2 amide bonds. The van der Waals surface area contributed by atoms with Crippen LogP contribution in [-0.2, 0) is 14.3 Å². The number of nitrogens with one attached hydrogen (secondary N) is 1. The van der Waals surface area contributed by atoms with Crippen molar-refractivity contribution >= 4 is 18.0 Å². The normalized spacial score (nSPS) is 16.0. The van der Waals surface area contributed by atoms with Gasteiger partial charge in [-0.25, -0.2) is 4.79 Å². The fourth-order valence-electron chi connectivity index (χ4n) is 5.39. The number of benzene rings is 2. The molecule has 2 aliphatic carbocycles. The molecular weight excluding hydrogens is 444 g/mol.